The summed E-state index contributed by atoms with van der Waals surface area (Å²) in [4.78, 5) is 38.4. The molecule has 0 N–H and O–H groups in total. The van der Waals surface area contributed by atoms with Gasteiger partial charge in [0.05, 0.1) is 23.1 Å². The van der Waals surface area contributed by atoms with Gasteiger partial charge in [-0.15, -0.1) is 0 Å². The Labute approximate surface area is 206 Å². The average Bonchev–Trinajstić information content (AvgIpc) is 2.89. The number of aryl methyl sites for hydroxylation is 1. The molecule has 0 unspecified atom stereocenters. The normalized spacial score (nSPS) is 13.7. The van der Waals surface area contributed by atoms with Crippen LogP contribution in [-0.2, 0) is 0 Å². The van der Waals surface area contributed by atoms with Gasteiger partial charge in [-0.2, -0.15) is 0 Å². The molecule has 0 bridgehead atoms. The van der Waals surface area contributed by atoms with Crippen molar-refractivity contribution in [3.63, 3.8) is 0 Å². The maximum absolute atomic E-state index is 13.7. The third-order valence-corrected chi connectivity index (χ3v) is 6.21. The summed E-state index contributed by atoms with van der Waals surface area (Å²) in [5, 5.41) is 0.444. The van der Waals surface area contributed by atoms with Crippen molar-refractivity contribution in [1.29, 1.82) is 0 Å². The molecule has 176 valence electrons. The van der Waals surface area contributed by atoms with Gasteiger partial charge in [-0.25, -0.2) is 14.4 Å². The highest BCUT2D eigenvalue weighted by Crippen LogP contribution is 2.35. The molecule has 1 aliphatic heterocycles. The summed E-state index contributed by atoms with van der Waals surface area (Å²) in [6, 6.07) is 6.36. The van der Waals surface area contributed by atoms with Gasteiger partial charge in [-0.1, -0.05) is 11.6 Å². The second-order valence-electron chi connectivity index (χ2n) is 8.11. The minimum atomic E-state index is -0.312. The monoisotopic (exact) mass is 489 g/mol. The number of amides is 1. The van der Waals surface area contributed by atoms with E-state index in [0.29, 0.717) is 59.7 Å². The Balaban J connectivity index is 1.46. The van der Waals surface area contributed by atoms with Gasteiger partial charge in [0.1, 0.15) is 23.0 Å². The van der Waals surface area contributed by atoms with Gasteiger partial charge in [0.15, 0.2) is 0 Å². The molecule has 1 amide bonds. The number of benzene rings is 1. The van der Waals surface area contributed by atoms with Crippen LogP contribution >= 0.6 is 11.6 Å². The molecule has 0 radical (unpaired) electrons. The largest absolute Gasteiger partial charge is 0.352 e. The first-order chi connectivity index (χ1) is 17.0. The Bertz CT molecular complexity index is 1380. The van der Waals surface area contributed by atoms with E-state index in [1.165, 1.54) is 30.7 Å². The maximum Gasteiger partial charge on any atom is 0.274 e. The number of hydrogen-bond donors (Lipinski definition) is 0. The molecule has 1 aliphatic rings. The van der Waals surface area contributed by atoms with E-state index in [4.69, 9.17) is 21.6 Å². The van der Waals surface area contributed by atoms with Crippen LogP contribution in [0, 0.1) is 12.7 Å². The third-order valence-electron chi connectivity index (χ3n) is 5.90. The van der Waals surface area contributed by atoms with Crippen LogP contribution in [0.3, 0.4) is 0 Å². The van der Waals surface area contributed by atoms with E-state index in [0.717, 1.165) is 11.1 Å². The first-order valence-electron chi connectivity index (χ1n) is 11.0. The lowest BCUT2D eigenvalue weighted by Gasteiger charge is -2.35. The molecule has 4 aromatic rings. The van der Waals surface area contributed by atoms with Gasteiger partial charge in [-0.05, 0) is 36.8 Å². The van der Waals surface area contributed by atoms with Crippen LogP contribution in [0.15, 0.2) is 61.4 Å². The molecule has 5 rings (SSSR count). The molecule has 4 heterocycles. The number of rotatable bonds is 4. The number of piperazine rings is 1. The summed E-state index contributed by atoms with van der Waals surface area (Å²) >= 11 is 6.47. The maximum atomic E-state index is 13.7. The molecule has 1 fully saturated rings. The van der Waals surface area contributed by atoms with Crippen molar-refractivity contribution in [2.45, 2.75) is 6.92 Å². The molecule has 0 atom stereocenters. The first kappa shape index (κ1) is 22.8. The number of anilines is 1. The fourth-order valence-corrected chi connectivity index (χ4v) is 4.30. The zero-order valence-electron chi connectivity index (χ0n) is 18.9. The van der Waals surface area contributed by atoms with Gasteiger partial charge < -0.3 is 9.80 Å². The molecular formula is C25H21ClFN7O. The first-order valence-corrected chi connectivity index (χ1v) is 11.4. The average molecular weight is 490 g/mol. The Morgan fingerprint density at radius 1 is 0.914 bits per heavy atom. The Kier molecular flexibility index (Phi) is 6.33. The smallest absolute Gasteiger partial charge is 0.274 e. The summed E-state index contributed by atoms with van der Waals surface area (Å²) < 4.78 is 13.7. The zero-order valence-corrected chi connectivity index (χ0v) is 19.7. The van der Waals surface area contributed by atoms with E-state index in [2.05, 4.69) is 19.9 Å². The molecule has 35 heavy (non-hydrogen) atoms. The molecule has 1 aromatic carbocycles. The van der Waals surface area contributed by atoms with Crippen LogP contribution in [0.2, 0.25) is 5.02 Å². The van der Waals surface area contributed by atoms with E-state index < -0.39 is 0 Å². The van der Waals surface area contributed by atoms with Crippen LogP contribution in [0.25, 0.3) is 22.5 Å². The van der Waals surface area contributed by atoms with Gasteiger partial charge in [0, 0.05) is 62.1 Å². The van der Waals surface area contributed by atoms with E-state index >= 15 is 0 Å². The van der Waals surface area contributed by atoms with E-state index in [1.54, 1.807) is 35.6 Å². The number of hydrogen-bond acceptors (Lipinski definition) is 7. The van der Waals surface area contributed by atoms with Crippen molar-refractivity contribution >= 4 is 23.3 Å². The summed E-state index contributed by atoms with van der Waals surface area (Å²) in [6.45, 7) is 4.03. The standard InChI is InChI=1S/C25H21ClFN7O/c1-16-12-17(27)2-3-18(16)23-24(19-4-5-28-13-20(19)26)32-22(15-31-23)33-8-10-34(11-9-33)25(35)21-14-29-6-7-30-21/h2-7,12-15H,8-11H2,1H3. The fraction of sp³-hybridized carbons (Fsp3) is 0.200. The van der Waals surface area contributed by atoms with Crippen molar-refractivity contribution in [2.75, 3.05) is 31.1 Å². The predicted octanol–water partition coefficient (Wildman–Crippen LogP) is 4.06. The molecule has 3 aromatic heterocycles. The molecule has 8 nitrogen and oxygen atoms in total. The van der Waals surface area contributed by atoms with Gasteiger partial charge in [-0.3, -0.25) is 19.7 Å². The molecule has 10 heteroatoms. The predicted molar refractivity (Wildman–Crippen MR) is 131 cm³/mol. The second-order valence-corrected chi connectivity index (χ2v) is 8.52. The Hall–Kier alpha value is -3.98. The zero-order chi connectivity index (χ0) is 24.4. The Morgan fingerprint density at radius 2 is 1.71 bits per heavy atom. The van der Waals surface area contributed by atoms with Gasteiger partial charge >= 0.3 is 0 Å². The summed E-state index contributed by atoms with van der Waals surface area (Å²) in [7, 11) is 0. The highest BCUT2D eigenvalue weighted by molar-refractivity contribution is 6.33. The second kappa shape index (κ2) is 9.71. The SMILES string of the molecule is Cc1cc(F)ccc1-c1ncc(N2CCN(C(=O)c3cnccn3)CC2)nc1-c1ccncc1Cl. The highest BCUT2D eigenvalue weighted by Gasteiger charge is 2.25. The van der Waals surface area contributed by atoms with Gasteiger partial charge in [0.25, 0.3) is 5.91 Å². The Morgan fingerprint density at radius 3 is 2.43 bits per heavy atom. The number of halogens is 2. The third kappa shape index (κ3) is 4.67. The van der Waals surface area contributed by atoms with Crippen LogP contribution in [-0.4, -0.2) is 61.9 Å². The number of aromatic nitrogens is 5. The molecule has 0 spiro atoms. The van der Waals surface area contributed by atoms with E-state index in [1.807, 2.05) is 6.92 Å². The fourth-order valence-electron chi connectivity index (χ4n) is 4.09. The van der Waals surface area contributed by atoms with Crippen molar-refractivity contribution in [2.24, 2.45) is 0 Å². The van der Waals surface area contributed by atoms with Crippen LogP contribution < -0.4 is 4.90 Å². The molecule has 0 aliphatic carbocycles. The summed E-state index contributed by atoms with van der Waals surface area (Å²) in [5.74, 6) is 0.214. The minimum absolute atomic E-state index is 0.143. The topological polar surface area (TPSA) is 88.0 Å². The quantitative estimate of drug-likeness (QED) is 0.427. The lowest BCUT2D eigenvalue weighted by molar-refractivity contribution is 0.0740. The van der Waals surface area contributed by atoms with Crippen molar-refractivity contribution in [1.82, 2.24) is 29.8 Å². The summed E-state index contributed by atoms with van der Waals surface area (Å²) in [6.07, 6.45) is 9.43. The molecule has 0 saturated carbocycles. The molecular weight excluding hydrogens is 469 g/mol. The van der Waals surface area contributed by atoms with E-state index in [-0.39, 0.29) is 11.7 Å². The van der Waals surface area contributed by atoms with E-state index in [9.17, 15) is 9.18 Å². The lowest BCUT2D eigenvalue weighted by atomic mass is 10.0. The van der Waals surface area contributed by atoms with Gasteiger partial charge in [0.2, 0.25) is 0 Å². The van der Waals surface area contributed by atoms with Crippen LogP contribution in [0.5, 0.6) is 0 Å². The molecule has 1 saturated heterocycles. The minimum Gasteiger partial charge on any atom is -0.352 e. The van der Waals surface area contributed by atoms with Crippen LogP contribution in [0.1, 0.15) is 16.1 Å². The van der Waals surface area contributed by atoms with Crippen molar-refractivity contribution < 1.29 is 9.18 Å². The number of carbonyl (C=O) groups excluding carboxylic acids is 1. The van der Waals surface area contributed by atoms with Crippen LogP contribution in [0.4, 0.5) is 10.2 Å². The number of nitrogens with zero attached hydrogens (tertiary/aromatic N) is 7. The highest BCUT2D eigenvalue weighted by atomic mass is 35.5. The van der Waals surface area contributed by atoms with Crippen molar-refractivity contribution in [3.8, 4) is 22.5 Å². The lowest BCUT2D eigenvalue weighted by Crippen LogP contribution is -2.49. The van der Waals surface area contributed by atoms with Crippen molar-refractivity contribution in [3.05, 3.63) is 83.5 Å². The number of carbonyl (C=O) groups is 1. The number of pyridine rings is 1. The summed E-state index contributed by atoms with van der Waals surface area (Å²) in [5.41, 5.74) is 3.72.